The zero-order chi connectivity index (χ0) is 16.5. The molecule has 2 N–H and O–H groups in total. The molecular formula is C13H22N4O3S2. The van der Waals surface area contributed by atoms with Crippen LogP contribution in [0.2, 0.25) is 0 Å². The Labute approximate surface area is 136 Å². The van der Waals surface area contributed by atoms with E-state index in [2.05, 4.69) is 16.8 Å². The van der Waals surface area contributed by atoms with Crippen molar-refractivity contribution in [1.29, 1.82) is 0 Å². The molecule has 2 aliphatic rings. The molecular weight excluding hydrogens is 324 g/mol. The maximum Gasteiger partial charge on any atom is 0.255 e. The van der Waals surface area contributed by atoms with Gasteiger partial charge < -0.3 is 0 Å². The molecule has 22 heavy (non-hydrogen) atoms. The number of allylic oxidation sites excluding steroid dienone is 1. The Morgan fingerprint density at radius 2 is 1.73 bits per heavy atom. The van der Waals surface area contributed by atoms with Gasteiger partial charge in [-0.3, -0.25) is 20.2 Å². The minimum Gasteiger partial charge on any atom is -0.293 e. The molecule has 124 valence electrons. The molecule has 7 nitrogen and oxygen atoms in total. The van der Waals surface area contributed by atoms with Crippen molar-refractivity contribution >= 4 is 33.1 Å². The molecule has 0 heterocycles. The van der Waals surface area contributed by atoms with Crippen molar-refractivity contribution in [3.63, 3.8) is 0 Å². The van der Waals surface area contributed by atoms with E-state index in [1.165, 1.54) is 10.0 Å². The van der Waals surface area contributed by atoms with Crippen LogP contribution in [0.4, 0.5) is 0 Å². The minimum atomic E-state index is -3.79. The van der Waals surface area contributed by atoms with Crippen LogP contribution >= 0.6 is 12.2 Å². The summed E-state index contributed by atoms with van der Waals surface area (Å²) < 4.78 is 24.0. The van der Waals surface area contributed by atoms with Gasteiger partial charge in [0.25, 0.3) is 5.91 Å². The fourth-order valence-electron chi connectivity index (χ4n) is 2.04. The Bertz CT molecular complexity index is 582. The lowest BCUT2D eigenvalue weighted by Crippen LogP contribution is -2.48. The highest BCUT2D eigenvalue weighted by Gasteiger charge is 2.31. The van der Waals surface area contributed by atoms with Crippen LogP contribution in [0.15, 0.2) is 12.3 Å². The van der Waals surface area contributed by atoms with E-state index in [4.69, 9.17) is 12.2 Å². The van der Waals surface area contributed by atoms with Gasteiger partial charge in [0.15, 0.2) is 0 Å². The first-order chi connectivity index (χ1) is 10.2. The maximum absolute atomic E-state index is 12.0. The van der Waals surface area contributed by atoms with Gasteiger partial charge in [0.05, 0.1) is 4.99 Å². The molecule has 0 aromatic rings. The Hall–Kier alpha value is -1.19. The van der Waals surface area contributed by atoms with Crippen LogP contribution in [0.25, 0.3) is 0 Å². The number of carbonyl (C=O) groups excluding carboxylic acids is 1. The number of thiocarbonyl (C=S) groups is 1. The summed E-state index contributed by atoms with van der Waals surface area (Å²) in [6.45, 7) is 3.88. The number of hydrazine groups is 2. The SMILES string of the molecule is C=C(C1CC1)N(C)NC(=O)CS(=O)(=O)NN(C)C(=S)C1CC1. The maximum atomic E-state index is 12.0. The van der Waals surface area contributed by atoms with E-state index >= 15 is 0 Å². The molecule has 2 aliphatic carbocycles. The largest absolute Gasteiger partial charge is 0.293 e. The lowest BCUT2D eigenvalue weighted by Gasteiger charge is -2.23. The summed E-state index contributed by atoms with van der Waals surface area (Å²) in [7, 11) is -0.574. The predicted molar refractivity (Wildman–Crippen MR) is 87.8 cm³/mol. The first-order valence-corrected chi connectivity index (χ1v) is 9.25. The van der Waals surface area contributed by atoms with Gasteiger partial charge in [0, 0.05) is 31.6 Å². The number of nitrogens with one attached hydrogen (secondary N) is 2. The topological polar surface area (TPSA) is 81.8 Å². The Morgan fingerprint density at radius 3 is 2.23 bits per heavy atom. The summed E-state index contributed by atoms with van der Waals surface area (Å²) in [5.74, 6) is -0.610. The van der Waals surface area contributed by atoms with Crippen molar-refractivity contribution in [3.8, 4) is 0 Å². The first-order valence-electron chi connectivity index (χ1n) is 7.19. The summed E-state index contributed by atoms with van der Waals surface area (Å²) in [5, 5.41) is 2.80. The molecule has 0 aliphatic heterocycles. The number of sulfonamides is 1. The van der Waals surface area contributed by atoms with Gasteiger partial charge in [-0.2, -0.15) is 0 Å². The molecule has 0 atom stereocenters. The Kier molecular flexibility index (Phi) is 5.08. The highest BCUT2D eigenvalue weighted by Crippen LogP contribution is 2.36. The molecule has 2 fully saturated rings. The van der Waals surface area contributed by atoms with Gasteiger partial charge in [0.2, 0.25) is 10.0 Å². The van der Waals surface area contributed by atoms with E-state index < -0.39 is 21.7 Å². The summed E-state index contributed by atoms with van der Waals surface area (Å²) >= 11 is 5.16. The molecule has 1 amide bonds. The molecule has 9 heteroatoms. The van der Waals surface area contributed by atoms with Gasteiger partial charge in [0.1, 0.15) is 5.75 Å². The monoisotopic (exact) mass is 346 g/mol. The molecule has 0 aromatic carbocycles. The average Bonchev–Trinajstić information content (AvgIpc) is 3.27. The summed E-state index contributed by atoms with van der Waals surface area (Å²) in [6, 6.07) is 0. The second kappa shape index (κ2) is 6.51. The van der Waals surface area contributed by atoms with Crippen molar-refractivity contribution in [2.24, 2.45) is 11.8 Å². The van der Waals surface area contributed by atoms with Gasteiger partial charge in [-0.15, -0.1) is 4.83 Å². The lowest BCUT2D eigenvalue weighted by molar-refractivity contribution is -0.122. The molecule has 0 spiro atoms. The molecule has 0 aromatic heterocycles. The molecule has 0 unspecified atom stereocenters. The fourth-order valence-corrected chi connectivity index (χ4v) is 3.37. The van der Waals surface area contributed by atoms with E-state index in [-0.39, 0.29) is 5.92 Å². The van der Waals surface area contributed by atoms with E-state index in [1.54, 1.807) is 14.1 Å². The Morgan fingerprint density at radius 1 is 1.18 bits per heavy atom. The lowest BCUT2D eigenvalue weighted by atomic mass is 10.3. The number of hydrogen-bond acceptors (Lipinski definition) is 5. The number of carbonyl (C=O) groups is 1. The zero-order valence-corrected chi connectivity index (χ0v) is 14.5. The van der Waals surface area contributed by atoms with Crippen LogP contribution in [-0.4, -0.2) is 49.2 Å². The number of nitrogens with zero attached hydrogens (tertiary/aromatic N) is 2. The van der Waals surface area contributed by atoms with Crippen molar-refractivity contribution in [3.05, 3.63) is 12.3 Å². The van der Waals surface area contributed by atoms with Crippen molar-refractivity contribution in [2.75, 3.05) is 19.8 Å². The van der Waals surface area contributed by atoms with Crippen LogP contribution < -0.4 is 10.3 Å². The molecule has 2 rings (SSSR count). The number of amides is 1. The quantitative estimate of drug-likeness (QED) is 0.488. The highest BCUT2D eigenvalue weighted by atomic mass is 32.2. The number of rotatable bonds is 8. The van der Waals surface area contributed by atoms with Gasteiger partial charge >= 0.3 is 0 Å². The second-order valence-corrected chi connectivity index (χ2v) is 8.00. The zero-order valence-electron chi connectivity index (χ0n) is 12.8. The molecule has 0 bridgehead atoms. The highest BCUT2D eigenvalue weighted by molar-refractivity contribution is 7.90. The van der Waals surface area contributed by atoms with Gasteiger partial charge in [-0.25, -0.2) is 8.42 Å². The van der Waals surface area contributed by atoms with E-state index in [9.17, 15) is 13.2 Å². The van der Waals surface area contributed by atoms with Crippen LogP contribution in [0.3, 0.4) is 0 Å². The minimum absolute atomic E-state index is 0.268. The second-order valence-electron chi connectivity index (χ2n) is 5.88. The van der Waals surface area contributed by atoms with Crippen molar-refractivity contribution in [2.45, 2.75) is 25.7 Å². The summed E-state index contributed by atoms with van der Waals surface area (Å²) in [5.41, 5.74) is 3.32. The summed E-state index contributed by atoms with van der Waals surface area (Å²) in [4.78, 5) is 14.7. The standard InChI is InChI=1S/C13H22N4O3S2/c1-9(10-4-5-10)16(2)14-12(18)8-22(19,20)15-17(3)13(21)11-6-7-11/h10-11,15H,1,4-8H2,2-3H3,(H,14,18). The molecule has 0 saturated heterocycles. The smallest absolute Gasteiger partial charge is 0.255 e. The van der Waals surface area contributed by atoms with E-state index in [1.807, 2.05) is 0 Å². The third-order valence-electron chi connectivity index (χ3n) is 3.63. The predicted octanol–water partition coefficient (Wildman–Crippen LogP) is 0.377. The third-order valence-corrected chi connectivity index (χ3v) is 5.43. The van der Waals surface area contributed by atoms with Gasteiger partial charge in [-0.05, 0) is 25.7 Å². The van der Waals surface area contributed by atoms with Crippen LogP contribution in [0.1, 0.15) is 25.7 Å². The van der Waals surface area contributed by atoms with Crippen LogP contribution in [-0.2, 0) is 14.8 Å². The molecule has 2 saturated carbocycles. The summed E-state index contributed by atoms with van der Waals surface area (Å²) in [6.07, 6.45) is 4.09. The van der Waals surface area contributed by atoms with Crippen LogP contribution in [0, 0.1) is 11.8 Å². The van der Waals surface area contributed by atoms with Crippen molar-refractivity contribution < 1.29 is 13.2 Å². The van der Waals surface area contributed by atoms with E-state index in [0.29, 0.717) is 10.9 Å². The number of hydrogen-bond donors (Lipinski definition) is 2. The van der Waals surface area contributed by atoms with Crippen molar-refractivity contribution in [1.82, 2.24) is 20.3 Å². The first kappa shape index (κ1) is 17.2. The Balaban J connectivity index is 1.80. The average molecular weight is 346 g/mol. The fraction of sp³-hybridized carbons (Fsp3) is 0.692. The van der Waals surface area contributed by atoms with Crippen LogP contribution in [0.5, 0.6) is 0 Å². The van der Waals surface area contributed by atoms with Gasteiger partial charge in [-0.1, -0.05) is 18.8 Å². The van der Waals surface area contributed by atoms with E-state index in [0.717, 1.165) is 31.4 Å². The third kappa shape index (κ3) is 4.92. The molecule has 0 radical (unpaired) electrons. The normalized spacial score (nSPS) is 17.7.